The summed E-state index contributed by atoms with van der Waals surface area (Å²) in [5.74, 6) is 0. The number of nitrogens with zero attached hydrogens (tertiary/aromatic N) is 2. The third-order valence-electron chi connectivity index (χ3n) is 2.66. The minimum absolute atomic E-state index is 0.166. The van der Waals surface area contributed by atoms with Gasteiger partial charge >= 0.3 is 0 Å². The Labute approximate surface area is 129 Å². The van der Waals surface area contributed by atoms with Gasteiger partial charge in [0, 0.05) is 29.1 Å². The summed E-state index contributed by atoms with van der Waals surface area (Å²) in [5, 5.41) is 12.4. The van der Waals surface area contributed by atoms with Crippen LogP contribution in [0.1, 0.15) is 22.9 Å². The number of rotatable bonds is 5. The Bertz CT molecular complexity index is 621. The molecule has 20 heavy (non-hydrogen) atoms. The topological polar surface area (TPSA) is 24.7 Å². The molecule has 3 aromatic rings. The Hall–Kier alpha value is -1.56. The molecule has 0 saturated heterocycles. The van der Waals surface area contributed by atoms with Crippen LogP contribution in [0.2, 0.25) is 0 Å². The first-order valence-electron chi connectivity index (χ1n) is 6.05. The molecule has 3 heterocycles. The molecule has 0 saturated carbocycles. The third kappa shape index (κ3) is 3.50. The molecular weight excluding hydrogens is 304 g/mol. The summed E-state index contributed by atoms with van der Waals surface area (Å²) in [5.41, 5.74) is 3.38. The van der Waals surface area contributed by atoms with Crippen molar-refractivity contribution < 1.29 is 0 Å². The van der Waals surface area contributed by atoms with Gasteiger partial charge in [0.15, 0.2) is 6.17 Å². The third-order valence-corrected chi connectivity index (χ3v) is 4.76. The Kier molecular flexibility index (Phi) is 4.53. The number of aliphatic imine (C=N–C) groups is 2. The zero-order valence-corrected chi connectivity index (χ0v) is 13.0. The average molecular weight is 316 g/mol. The fourth-order valence-electron chi connectivity index (χ4n) is 1.64. The van der Waals surface area contributed by atoms with Gasteiger partial charge in [-0.3, -0.25) is 9.98 Å². The van der Waals surface area contributed by atoms with Gasteiger partial charge in [-0.05, 0) is 50.5 Å². The van der Waals surface area contributed by atoms with E-state index in [1.807, 2.05) is 12.4 Å². The summed E-state index contributed by atoms with van der Waals surface area (Å²) in [6.07, 6.45) is 3.62. The zero-order chi connectivity index (χ0) is 13.6. The number of thiophene rings is 3. The van der Waals surface area contributed by atoms with E-state index in [2.05, 4.69) is 60.5 Å². The van der Waals surface area contributed by atoms with E-state index >= 15 is 0 Å². The van der Waals surface area contributed by atoms with Gasteiger partial charge in [0.05, 0.1) is 0 Å². The lowest BCUT2D eigenvalue weighted by Gasteiger charge is -2.04. The molecule has 3 aromatic heterocycles. The highest BCUT2D eigenvalue weighted by Crippen LogP contribution is 2.22. The fraction of sp³-hybridized carbons (Fsp3) is 0.0667. The van der Waals surface area contributed by atoms with Crippen LogP contribution in [0.4, 0.5) is 0 Å². The number of hydrogen-bond acceptors (Lipinski definition) is 5. The molecule has 0 spiro atoms. The lowest BCUT2D eigenvalue weighted by molar-refractivity contribution is 0.791. The first kappa shape index (κ1) is 13.4. The molecule has 2 nitrogen and oxygen atoms in total. The van der Waals surface area contributed by atoms with Gasteiger partial charge in [0.2, 0.25) is 0 Å². The molecule has 0 unspecified atom stereocenters. The molecule has 0 radical (unpaired) electrons. The molecule has 0 aliphatic rings. The van der Waals surface area contributed by atoms with Crippen LogP contribution in [0.3, 0.4) is 0 Å². The minimum Gasteiger partial charge on any atom is -0.261 e. The molecule has 3 rings (SSSR count). The van der Waals surface area contributed by atoms with Crippen LogP contribution in [0, 0.1) is 0 Å². The maximum absolute atomic E-state index is 4.60. The van der Waals surface area contributed by atoms with Crippen LogP contribution in [-0.2, 0) is 0 Å². The fourth-order valence-corrected chi connectivity index (χ4v) is 3.54. The number of hydrogen-bond donors (Lipinski definition) is 0. The second-order valence-electron chi connectivity index (χ2n) is 4.10. The van der Waals surface area contributed by atoms with Crippen molar-refractivity contribution in [1.82, 2.24) is 0 Å². The Morgan fingerprint density at radius 3 is 1.75 bits per heavy atom. The van der Waals surface area contributed by atoms with Gasteiger partial charge in [-0.25, -0.2) is 0 Å². The Morgan fingerprint density at radius 1 is 0.750 bits per heavy atom. The van der Waals surface area contributed by atoms with Gasteiger partial charge in [0.1, 0.15) is 0 Å². The molecule has 5 heteroatoms. The predicted octanol–water partition coefficient (Wildman–Crippen LogP) is 5.11. The van der Waals surface area contributed by atoms with Crippen LogP contribution in [0.5, 0.6) is 0 Å². The standard InChI is InChI=1S/C15H12N2S3/c1-4-18-9-12(1)7-16-15(14-3-6-20-11-14)17-8-13-2-5-19-10-13/h1-11,15H/b16-7+,17-8+. The smallest absolute Gasteiger partial charge is 0.165 e. The van der Waals surface area contributed by atoms with E-state index in [0.717, 1.165) is 16.7 Å². The van der Waals surface area contributed by atoms with Crippen molar-refractivity contribution in [2.75, 3.05) is 0 Å². The lowest BCUT2D eigenvalue weighted by atomic mass is 10.2. The Balaban J connectivity index is 1.81. The predicted molar refractivity (Wildman–Crippen MR) is 90.9 cm³/mol. The van der Waals surface area contributed by atoms with Crippen LogP contribution >= 0.6 is 34.0 Å². The van der Waals surface area contributed by atoms with Crippen molar-refractivity contribution in [3.05, 3.63) is 67.2 Å². The lowest BCUT2D eigenvalue weighted by Crippen LogP contribution is -1.92. The first-order chi connectivity index (χ1) is 9.92. The van der Waals surface area contributed by atoms with E-state index in [1.165, 1.54) is 0 Å². The molecule has 0 aromatic carbocycles. The molecule has 0 atom stereocenters. The van der Waals surface area contributed by atoms with Gasteiger partial charge in [0.25, 0.3) is 0 Å². The van der Waals surface area contributed by atoms with E-state index in [9.17, 15) is 0 Å². The maximum atomic E-state index is 4.60. The average Bonchev–Trinajstić information content (AvgIpc) is 3.22. The summed E-state index contributed by atoms with van der Waals surface area (Å²) in [4.78, 5) is 9.20. The van der Waals surface area contributed by atoms with Gasteiger partial charge in [-0.15, -0.1) is 0 Å². The van der Waals surface area contributed by atoms with E-state index in [-0.39, 0.29) is 6.17 Å². The molecule has 0 amide bonds. The van der Waals surface area contributed by atoms with Gasteiger partial charge in [-0.1, -0.05) is 0 Å². The minimum atomic E-state index is -0.166. The van der Waals surface area contributed by atoms with E-state index in [4.69, 9.17) is 0 Å². The SMILES string of the molecule is C(=N\C(/N=C/c1ccsc1)c1ccsc1)/c1ccsc1. The highest BCUT2D eigenvalue weighted by molar-refractivity contribution is 7.08. The van der Waals surface area contributed by atoms with E-state index < -0.39 is 0 Å². The van der Waals surface area contributed by atoms with Crippen molar-refractivity contribution in [2.45, 2.75) is 6.17 Å². The van der Waals surface area contributed by atoms with E-state index in [0.29, 0.717) is 0 Å². The maximum Gasteiger partial charge on any atom is 0.165 e. The summed E-state index contributed by atoms with van der Waals surface area (Å²) in [7, 11) is 0. The van der Waals surface area contributed by atoms with Crippen molar-refractivity contribution in [3.8, 4) is 0 Å². The zero-order valence-electron chi connectivity index (χ0n) is 10.5. The highest BCUT2D eigenvalue weighted by Gasteiger charge is 2.06. The first-order valence-corrected chi connectivity index (χ1v) is 8.87. The summed E-state index contributed by atoms with van der Waals surface area (Å²) in [6.45, 7) is 0. The second kappa shape index (κ2) is 6.74. The van der Waals surface area contributed by atoms with Crippen LogP contribution in [0.25, 0.3) is 0 Å². The quantitative estimate of drug-likeness (QED) is 0.585. The van der Waals surface area contributed by atoms with Crippen LogP contribution in [0.15, 0.2) is 60.5 Å². The van der Waals surface area contributed by atoms with Crippen LogP contribution in [-0.4, -0.2) is 12.4 Å². The van der Waals surface area contributed by atoms with Crippen LogP contribution < -0.4 is 0 Å². The monoisotopic (exact) mass is 316 g/mol. The summed E-state index contributed by atoms with van der Waals surface area (Å²) in [6, 6.07) is 6.19. The van der Waals surface area contributed by atoms with E-state index in [1.54, 1.807) is 34.0 Å². The molecule has 0 aliphatic carbocycles. The molecule has 100 valence electrons. The second-order valence-corrected chi connectivity index (χ2v) is 6.44. The van der Waals surface area contributed by atoms with Crippen molar-refractivity contribution >= 4 is 46.4 Å². The van der Waals surface area contributed by atoms with Crippen molar-refractivity contribution in [2.24, 2.45) is 9.98 Å². The summed E-state index contributed by atoms with van der Waals surface area (Å²) < 4.78 is 0. The largest absolute Gasteiger partial charge is 0.261 e. The molecule has 0 aliphatic heterocycles. The Morgan fingerprint density at radius 2 is 1.30 bits per heavy atom. The molecule has 0 bridgehead atoms. The highest BCUT2D eigenvalue weighted by atomic mass is 32.1. The molecular formula is C15H12N2S3. The molecule has 0 fully saturated rings. The van der Waals surface area contributed by atoms with Gasteiger partial charge in [-0.2, -0.15) is 34.0 Å². The van der Waals surface area contributed by atoms with Crippen molar-refractivity contribution in [1.29, 1.82) is 0 Å². The normalized spacial score (nSPS) is 12.1. The van der Waals surface area contributed by atoms with Crippen molar-refractivity contribution in [3.63, 3.8) is 0 Å². The summed E-state index contributed by atoms with van der Waals surface area (Å²) >= 11 is 5.02. The molecule has 0 N–H and O–H groups in total. The van der Waals surface area contributed by atoms with Gasteiger partial charge < -0.3 is 0 Å².